The third kappa shape index (κ3) is 4.35. The number of carbonyl (C=O) groups is 1. The maximum absolute atomic E-state index is 13.1. The van der Waals surface area contributed by atoms with Crippen LogP contribution in [0.5, 0.6) is 5.75 Å². The molecular formula is C20H28N2O4S. The van der Waals surface area contributed by atoms with Crippen molar-refractivity contribution in [1.82, 2.24) is 9.62 Å². The summed E-state index contributed by atoms with van der Waals surface area (Å²) in [5.41, 5.74) is 0.233. The Bertz CT molecular complexity index is 813. The topological polar surface area (TPSA) is 75.7 Å². The Morgan fingerprint density at radius 2 is 2.15 bits per heavy atom. The smallest absolute Gasteiger partial charge is 0.229 e. The summed E-state index contributed by atoms with van der Waals surface area (Å²) < 4.78 is 31.1. The highest BCUT2D eigenvalue weighted by molar-refractivity contribution is 7.89. The third-order valence-corrected chi connectivity index (χ3v) is 7.22. The van der Waals surface area contributed by atoms with E-state index in [2.05, 4.69) is 11.4 Å². The predicted molar refractivity (Wildman–Crippen MR) is 105 cm³/mol. The molecule has 0 radical (unpaired) electrons. The summed E-state index contributed by atoms with van der Waals surface area (Å²) in [6.07, 6.45) is 7.65. The Labute approximate surface area is 161 Å². The molecule has 27 heavy (non-hydrogen) atoms. The molecule has 1 aliphatic heterocycles. The molecule has 1 unspecified atom stereocenters. The van der Waals surface area contributed by atoms with Crippen LogP contribution >= 0.6 is 0 Å². The number of benzene rings is 1. The zero-order chi connectivity index (χ0) is 19.5. The van der Waals surface area contributed by atoms with Crippen LogP contribution in [-0.4, -0.2) is 50.6 Å². The van der Waals surface area contributed by atoms with E-state index in [0.29, 0.717) is 6.42 Å². The van der Waals surface area contributed by atoms with Gasteiger partial charge in [-0.15, -0.1) is 0 Å². The Morgan fingerprint density at radius 3 is 2.78 bits per heavy atom. The number of rotatable bonds is 7. The largest absolute Gasteiger partial charge is 0.497 e. The van der Waals surface area contributed by atoms with E-state index in [-0.39, 0.29) is 30.8 Å². The first-order valence-electron chi connectivity index (χ1n) is 9.47. The lowest BCUT2D eigenvalue weighted by Gasteiger charge is -2.48. The first-order chi connectivity index (χ1) is 12.9. The minimum Gasteiger partial charge on any atom is -0.497 e. The molecule has 0 bridgehead atoms. The van der Waals surface area contributed by atoms with Gasteiger partial charge in [-0.25, -0.2) is 8.42 Å². The summed E-state index contributed by atoms with van der Waals surface area (Å²) in [5.74, 6) is 0.718. The number of allylic oxidation sites excluding steroid dienone is 1. The van der Waals surface area contributed by atoms with Crippen molar-refractivity contribution in [3.8, 4) is 5.75 Å². The molecule has 6 nitrogen and oxygen atoms in total. The minimum atomic E-state index is -3.29. The average Bonchev–Trinajstić information content (AvgIpc) is 2.65. The number of methoxy groups -OCH3 is 1. The monoisotopic (exact) mass is 392 g/mol. The molecule has 1 fully saturated rings. The molecule has 1 aromatic rings. The highest BCUT2D eigenvalue weighted by Gasteiger charge is 2.52. The number of carbonyl (C=O) groups excluding carboxylic acids is 1. The van der Waals surface area contributed by atoms with Gasteiger partial charge in [0.1, 0.15) is 5.75 Å². The van der Waals surface area contributed by atoms with Gasteiger partial charge in [0, 0.05) is 19.1 Å². The summed E-state index contributed by atoms with van der Waals surface area (Å²) in [6, 6.07) is 7.65. The summed E-state index contributed by atoms with van der Waals surface area (Å²) in [4.78, 5) is 13.1. The van der Waals surface area contributed by atoms with Crippen molar-refractivity contribution in [2.75, 3.05) is 26.0 Å². The number of hydrogen-bond acceptors (Lipinski definition) is 4. The number of sulfonamides is 1. The molecule has 1 amide bonds. The molecule has 7 heteroatoms. The fourth-order valence-electron chi connectivity index (χ4n) is 3.77. The normalized spacial score (nSPS) is 22.1. The molecular weight excluding hydrogens is 364 g/mol. The van der Waals surface area contributed by atoms with E-state index in [9.17, 15) is 13.2 Å². The van der Waals surface area contributed by atoms with Crippen molar-refractivity contribution < 1.29 is 17.9 Å². The molecule has 1 aromatic carbocycles. The quantitative estimate of drug-likeness (QED) is 0.721. The second-order valence-electron chi connectivity index (χ2n) is 7.42. The first-order valence-corrected chi connectivity index (χ1v) is 11.1. The number of ether oxygens (including phenoxy) is 1. The van der Waals surface area contributed by atoms with Gasteiger partial charge in [0.2, 0.25) is 15.9 Å². The Hall–Kier alpha value is -1.86. The van der Waals surface area contributed by atoms with Crippen LogP contribution in [0.4, 0.5) is 0 Å². The van der Waals surface area contributed by atoms with E-state index in [1.54, 1.807) is 14.0 Å². The number of nitrogens with one attached hydrogen (secondary N) is 1. The fraction of sp³-hybridized carbons (Fsp3) is 0.550. The van der Waals surface area contributed by atoms with E-state index >= 15 is 0 Å². The lowest BCUT2D eigenvalue weighted by atomic mass is 9.75. The maximum Gasteiger partial charge on any atom is 0.229 e. The van der Waals surface area contributed by atoms with Crippen LogP contribution in [0.3, 0.4) is 0 Å². The molecule has 148 valence electrons. The number of amides is 1. The molecule has 1 N–H and O–H groups in total. The molecule has 1 saturated heterocycles. The summed E-state index contributed by atoms with van der Waals surface area (Å²) in [7, 11) is -1.68. The molecule has 0 aromatic heterocycles. The molecule has 0 saturated carbocycles. The highest BCUT2D eigenvalue weighted by atomic mass is 32.2. The van der Waals surface area contributed by atoms with Crippen molar-refractivity contribution >= 4 is 15.9 Å². The van der Waals surface area contributed by atoms with Crippen molar-refractivity contribution in [1.29, 1.82) is 0 Å². The minimum absolute atomic E-state index is 0.0327. The van der Waals surface area contributed by atoms with Gasteiger partial charge in [-0.05, 0) is 50.3 Å². The van der Waals surface area contributed by atoms with Crippen molar-refractivity contribution in [2.24, 2.45) is 5.41 Å². The van der Waals surface area contributed by atoms with E-state index in [1.807, 2.05) is 30.3 Å². The van der Waals surface area contributed by atoms with Gasteiger partial charge in [0.05, 0.1) is 18.3 Å². The highest BCUT2D eigenvalue weighted by Crippen LogP contribution is 2.37. The Kier molecular flexibility index (Phi) is 5.91. The second kappa shape index (κ2) is 8.02. The van der Waals surface area contributed by atoms with E-state index < -0.39 is 15.4 Å². The molecule has 0 spiro atoms. The molecule has 2 aliphatic rings. The van der Waals surface area contributed by atoms with Crippen LogP contribution in [0.25, 0.3) is 0 Å². The standard InChI is InChI=1S/C20H28N2O4S/c1-3-27(24,25)22-14-20(15-22,13-16-8-7-11-18(12-16)26-2)19(23)21-17-9-5-4-6-10-17/h5,7-9,11-12,17H,3-4,6,10,13-15H2,1-2H3,(H,21,23). The van der Waals surface area contributed by atoms with Gasteiger partial charge in [-0.2, -0.15) is 4.31 Å². The Morgan fingerprint density at radius 1 is 1.37 bits per heavy atom. The second-order valence-corrected chi connectivity index (χ2v) is 9.67. The van der Waals surface area contributed by atoms with Crippen LogP contribution in [0.1, 0.15) is 31.7 Å². The number of hydrogen-bond donors (Lipinski definition) is 1. The summed E-state index contributed by atoms with van der Waals surface area (Å²) >= 11 is 0. The molecule has 1 heterocycles. The van der Waals surface area contributed by atoms with Gasteiger partial charge < -0.3 is 10.1 Å². The average molecular weight is 393 g/mol. The van der Waals surface area contributed by atoms with Crippen LogP contribution < -0.4 is 10.1 Å². The SMILES string of the molecule is CCS(=O)(=O)N1CC(Cc2cccc(OC)c2)(C(=O)NC2C=CCCC2)C1. The van der Waals surface area contributed by atoms with Crippen LogP contribution in [-0.2, 0) is 21.2 Å². The zero-order valence-corrected chi connectivity index (χ0v) is 16.8. The van der Waals surface area contributed by atoms with Gasteiger partial charge >= 0.3 is 0 Å². The molecule has 1 aliphatic carbocycles. The van der Waals surface area contributed by atoms with Crippen molar-refractivity contribution in [2.45, 2.75) is 38.6 Å². The van der Waals surface area contributed by atoms with E-state index in [4.69, 9.17) is 4.74 Å². The number of nitrogens with zero attached hydrogens (tertiary/aromatic N) is 1. The van der Waals surface area contributed by atoms with Crippen LogP contribution in [0, 0.1) is 5.41 Å². The molecule has 3 rings (SSSR count). The maximum atomic E-state index is 13.1. The van der Waals surface area contributed by atoms with E-state index in [0.717, 1.165) is 30.6 Å². The summed E-state index contributed by atoms with van der Waals surface area (Å²) in [6.45, 7) is 2.08. The van der Waals surface area contributed by atoms with Gasteiger partial charge in [0.15, 0.2) is 0 Å². The zero-order valence-electron chi connectivity index (χ0n) is 16.0. The first kappa shape index (κ1) is 19.9. The molecule has 1 atom stereocenters. The van der Waals surface area contributed by atoms with Crippen molar-refractivity contribution in [3.05, 3.63) is 42.0 Å². The fourth-order valence-corrected chi connectivity index (χ4v) is 5.02. The van der Waals surface area contributed by atoms with Gasteiger partial charge in [-0.1, -0.05) is 24.3 Å². The van der Waals surface area contributed by atoms with Gasteiger partial charge in [0.25, 0.3) is 0 Å². The van der Waals surface area contributed by atoms with Gasteiger partial charge in [-0.3, -0.25) is 4.79 Å². The lowest BCUT2D eigenvalue weighted by Crippen LogP contribution is -2.66. The third-order valence-electron chi connectivity index (χ3n) is 5.45. The van der Waals surface area contributed by atoms with Crippen LogP contribution in [0.2, 0.25) is 0 Å². The summed E-state index contributed by atoms with van der Waals surface area (Å²) in [5, 5.41) is 3.12. The van der Waals surface area contributed by atoms with Crippen LogP contribution in [0.15, 0.2) is 36.4 Å². The predicted octanol–water partition coefficient (Wildman–Crippen LogP) is 2.11. The lowest BCUT2D eigenvalue weighted by molar-refractivity contribution is -0.138. The van der Waals surface area contributed by atoms with Crippen molar-refractivity contribution in [3.63, 3.8) is 0 Å². The van der Waals surface area contributed by atoms with E-state index in [1.165, 1.54) is 4.31 Å². The Balaban J connectivity index is 1.80.